The highest BCUT2D eigenvalue weighted by Crippen LogP contribution is 2.17. The van der Waals surface area contributed by atoms with Crippen molar-refractivity contribution < 1.29 is 0 Å². The fourth-order valence-corrected chi connectivity index (χ4v) is 1.27. The van der Waals surface area contributed by atoms with Gasteiger partial charge in [0.1, 0.15) is 0 Å². The van der Waals surface area contributed by atoms with Gasteiger partial charge in [0.2, 0.25) is 0 Å². The van der Waals surface area contributed by atoms with E-state index in [1.54, 1.807) is 0 Å². The monoisotopic (exact) mass is 175 g/mol. The summed E-state index contributed by atoms with van der Waals surface area (Å²) in [5.74, 6) is 0. The summed E-state index contributed by atoms with van der Waals surface area (Å²) in [7, 11) is 0. The summed E-state index contributed by atoms with van der Waals surface area (Å²) < 4.78 is 1.95. The Bertz CT molecular complexity index is 371. The average Bonchev–Trinajstić information content (AvgIpc) is 2.75. The first-order chi connectivity index (χ1) is 6.27. The number of H-pyrrole nitrogens is 1. The standard InChI is InChI=1S/C10H13N3/c1-8(2)13-7-9(6-12-13)10-4-3-5-11-10/h3-8,11H,1-2H3. The van der Waals surface area contributed by atoms with Gasteiger partial charge in [0.25, 0.3) is 0 Å². The minimum Gasteiger partial charge on any atom is -0.361 e. The molecule has 0 saturated heterocycles. The van der Waals surface area contributed by atoms with Crippen LogP contribution in [0.25, 0.3) is 11.3 Å². The van der Waals surface area contributed by atoms with E-state index < -0.39 is 0 Å². The van der Waals surface area contributed by atoms with E-state index >= 15 is 0 Å². The maximum absolute atomic E-state index is 4.27. The molecule has 2 aromatic heterocycles. The van der Waals surface area contributed by atoms with Crippen molar-refractivity contribution in [2.75, 3.05) is 0 Å². The highest BCUT2D eigenvalue weighted by Gasteiger charge is 2.03. The smallest absolute Gasteiger partial charge is 0.0583 e. The third-order valence-corrected chi connectivity index (χ3v) is 2.04. The fraction of sp³-hybridized carbons (Fsp3) is 0.300. The largest absolute Gasteiger partial charge is 0.361 e. The van der Waals surface area contributed by atoms with Crippen molar-refractivity contribution >= 4 is 0 Å². The summed E-state index contributed by atoms with van der Waals surface area (Å²) in [4.78, 5) is 3.15. The van der Waals surface area contributed by atoms with Crippen molar-refractivity contribution in [3.05, 3.63) is 30.7 Å². The first kappa shape index (κ1) is 8.10. The molecule has 0 atom stereocenters. The van der Waals surface area contributed by atoms with Crippen LogP contribution < -0.4 is 0 Å². The van der Waals surface area contributed by atoms with Crippen molar-refractivity contribution in [3.63, 3.8) is 0 Å². The van der Waals surface area contributed by atoms with Gasteiger partial charge in [0.15, 0.2) is 0 Å². The molecule has 0 aliphatic heterocycles. The first-order valence-corrected chi connectivity index (χ1v) is 4.45. The minimum atomic E-state index is 0.420. The molecule has 2 heterocycles. The van der Waals surface area contributed by atoms with Crippen LogP contribution in [0.5, 0.6) is 0 Å². The summed E-state index contributed by atoms with van der Waals surface area (Å²) in [6, 6.07) is 4.45. The van der Waals surface area contributed by atoms with Crippen LogP contribution in [-0.2, 0) is 0 Å². The molecule has 13 heavy (non-hydrogen) atoms. The molecule has 0 aliphatic carbocycles. The molecular weight excluding hydrogens is 162 g/mol. The second-order valence-corrected chi connectivity index (χ2v) is 3.39. The maximum Gasteiger partial charge on any atom is 0.0583 e. The number of aromatic amines is 1. The molecule has 2 rings (SSSR count). The van der Waals surface area contributed by atoms with Crippen LogP contribution in [-0.4, -0.2) is 14.8 Å². The molecule has 68 valence electrons. The van der Waals surface area contributed by atoms with Gasteiger partial charge in [-0.3, -0.25) is 4.68 Å². The molecule has 0 amide bonds. The third-order valence-electron chi connectivity index (χ3n) is 2.04. The molecule has 0 saturated carbocycles. The molecule has 2 aromatic rings. The molecule has 0 unspecified atom stereocenters. The minimum absolute atomic E-state index is 0.420. The van der Waals surface area contributed by atoms with Crippen molar-refractivity contribution in [3.8, 4) is 11.3 Å². The number of rotatable bonds is 2. The topological polar surface area (TPSA) is 33.6 Å². The van der Waals surface area contributed by atoms with E-state index in [2.05, 4.69) is 30.1 Å². The van der Waals surface area contributed by atoms with Crippen LogP contribution in [0.1, 0.15) is 19.9 Å². The normalized spacial score (nSPS) is 11.0. The summed E-state index contributed by atoms with van der Waals surface area (Å²) in [6.45, 7) is 4.23. The molecule has 0 fully saturated rings. The molecule has 0 spiro atoms. The average molecular weight is 175 g/mol. The molecule has 0 radical (unpaired) electrons. The Hall–Kier alpha value is -1.51. The zero-order valence-electron chi connectivity index (χ0n) is 7.86. The second-order valence-electron chi connectivity index (χ2n) is 3.39. The Labute approximate surface area is 77.4 Å². The Balaban J connectivity index is 2.33. The van der Waals surface area contributed by atoms with Gasteiger partial charge in [-0.2, -0.15) is 5.10 Å². The van der Waals surface area contributed by atoms with Gasteiger partial charge in [-0.25, -0.2) is 0 Å². The van der Waals surface area contributed by atoms with Crippen molar-refractivity contribution in [1.29, 1.82) is 0 Å². The zero-order chi connectivity index (χ0) is 9.26. The van der Waals surface area contributed by atoms with Gasteiger partial charge >= 0.3 is 0 Å². The van der Waals surface area contributed by atoms with E-state index in [9.17, 15) is 0 Å². The first-order valence-electron chi connectivity index (χ1n) is 4.45. The highest BCUT2D eigenvalue weighted by atomic mass is 15.3. The fourth-order valence-electron chi connectivity index (χ4n) is 1.27. The Morgan fingerprint density at radius 2 is 2.31 bits per heavy atom. The molecule has 1 N–H and O–H groups in total. The van der Waals surface area contributed by atoms with Crippen molar-refractivity contribution in [2.45, 2.75) is 19.9 Å². The van der Waals surface area contributed by atoms with E-state index in [1.165, 1.54) is 0 Å². The van der Waals surface area contributed by atoms with Crippen LogP contribution in [0.4, 0.5) is 0 Å². The number of aromatic nitrogens is 3. The lowest BCUT2D eigenvalue weighted by atomic mass is 10.3. The van der Waals surface area contributed by atoms with Crippen LogP contribution in [0.15, 0.2) is 30.7 Å². The van der Waals surface area contributed by atoms with Crippen molar-refractivity contribution in [2.24, 2.45) is 0 Å². The van der Waals surface area contributed by atoms with Crippen LogP contribution in [0.2, 0.25) is 0 Å². The highest BCUT2D eigenvalue weighted by molar-refractivity contribution is 5.56. The van der Waals surface area contributed by atoms with Gasteiger partial charge in [0, 0.05) is 29.7 Å². The number of hydrogen-bond donors (Lipinski definition) is 1. The zero-order valence-corrected chi connectivity index (χ0v) is 7.86. The Kier molecular flexibility index (Phi) is 1.93. The Morgan fingerprint density at radius 1 is 1.46 bits per heavy atom. The molecule has 0 aromatic carbocycles. The number of hydrogen-bond acceptors (Lipinski definition) is 1. The van der Waals surface area contributed by atoms with Gasteiger partial charge in [-0.1, -0.05) is 0 Å². The molecule has 0 bridgehead atoms. The number of nitrogens with one attached hydrogen (secondary N) is 1. The van der Waals surface area contributed by atoms with Gasteiger partial charge in [-0.05, 0) is 26.0 Å². The van der Waals surface area contributed by atoms with Gasteiger partial charge in [-0.15, -0.1) is 0 Å². The van der Waals surface area contributed by atoms with E-state index in [1.807, 2.05) is 29.2 Å². The van der Waals surface area contributed by atoms with E-state index in [-0.39, 0.29) is 0 Å². The van der Waals surface area contributed by atoms with Crippen molar-refractivity contribution in [1.82, 2.24) is 14.8 Å². The van der Waals surface area contributed by atoms with Gasteiger partial charge in [0.05, 0.1) is 6.20 Å². The maximum atomic E-state index is 4.27. The predicted octanol–water partition coefficient (Wildman–Crippen LogP) is 2.46. The predicted molar refractivity (Wildman–Crippen MR) is 52.4 cm³/mol. The summed E-state index contributed by atoms with van der Waals surface area (Å²) in [5.41, 5.74) is 2.26. The van der Waals surface area contributed by atoms with Crippen LogP contribution in [0, 0.1) is 0 Å². The molecule has 3 heteroatoms. The van der Waals surface area contributed by atoms with Crippen LogP contribution in [0.3, 0.4) is 0 Å². The lowest BCUT2D eigenvalue weighted by Crippen LogP contribution is -1.99. The second kappa shape index (κ2) is 3.09. The SMILES string of the molecule is CC(C)n1cc(-c2ccc[nH]2)cn1. The quantitative estimate of drug-likeness (QED) is 0.747. The number of nitrogens with zero attached hydrogens (tertiary/aromatic N) is 2. The summed E-state index contributed by atoms with van der Waals surface area (Å²) in [6.07, 6.45) is 5.85. The van der Waals surface area contributed by atoms with E-state index in [0.717, 1.165) is 11.3 Å². The van der Waals surface area contributed by atoms with Gasteiger partial charge < -0.3 is 4.98 Å². The third kappa shape index (κ3) is 1.49. The molecule has 0 aliphatic rings. The summed E-state index contributed by atoms with van der Waals surface area (Å²) in [5, 5.41) is 4.27. The Morgan fingerprint density at radius 3 is 2.85 bits per heavy atom. The van der Waals surface area contributed by atoms with Crippen LogP contribution >= 0.6 is 0 Å². The lowest BCUT2D eigenvalue weighted by molar-refractivity contribution is 0.532. The lowest BCUT2D eigenvalue weighted by Gasteiger charge is -2.02. The molecule has 3 nitrogen and oxygen atoms in total. The summed E-state index contributed by atoms with van der Waals surface area (Å²) >= 11 is 0. The molecular formula is C10H13N3. The van der Waals surface area contributed by atoms with E-state index in [0.29, 0.717) is 6.04 Å². The van der Waals surface area contributed by atoms with E-state index in [4.69, 9.17) is 0 Å².